The summed E-state index contributed by atoms with van der Waals surface area (Å²) in [5.41, 5.74) is 2.88. The highest BCUT2D eigenvalue weighted by Crippen LogP contribution is 2.20. The van der Waals surface area contributed by atoms with E-state index in [1.54, 1.807) is 18.2 Å². The van der Waals surface area contributed by atoms with Crippen molar-refractivity contribution in [3.8, 4) is 0 Å². The van der Waals surface area contributed by atoms with E-state index in [9.17, 15) is 9.18 Å². The Bertz CT molecular complexity index is 640. The van der Waals surface area contributed by atoms with Crippen LogP contribution in [0.25, 0.3) is 0 Å². The molecule has 0 saturated heterocycles. The predicted octanol–water partition coefficient (Wildman–Crippen LogP) is 4.21. The molecule has 0 aliphatic heterocycles. The second kappa shape index (κ2) is 6.88. The van der Waals surface area contributed by atoms with E-state index in [2.05, 4.69) is 17.6 Å². The maximum absolute atomic E-state index is 13.2. The van der Waals surface area contributed by atoms with Gasteiger partial charge in [0, 0.05) is 17.9 Å². The van der Waals surface area contributed by atoms with Crippen LogP contribution in [0.3, 0.4) is 0 Å². The van der Waals surface area contributed by atoms with E-state index in [1.807, 2.05) is 19.1 Å². The van der Waals surface area contributed by atoms with Gasteiger partial charge in [-0.2, -0.15) is 0 Å². The van der Waals surface area contributed by atoms with Crippen molar-refractivity contribution in [2.45, 2.75) is 20.3 Å². The van der Waals surface area contributed by atoms with Crippen LogP contribution in [0.2, 0.25) is 0 Å². The van der Waals surface area contributed by atoms with Crippen LogP contribution in [-0.2, 0) is 0 Å². The van der Waals surface area contributed by atoms with Gasteiger partial charge in [-0.1, -0.05) is 19.1 Å². The summed E-state index contributed by atoms with van der Waals surface area (Å²) in [6.07, 6.45) is 0.971. The third-order valence-corrected chi connectivity index (χ3v) is 3.07. The first-order valence-electron chi connectivity index (χ1n) is 7.01. The number of hydrogen-bond acceptors (Lipinski definition) is 2. The molecular formula is C17H19FN2O. The lowest BCUT2D eigenvalue weighted by Crippen LogP contribution is -2.15. The van der Waals surface area contributed by atoms with Crippen LogP contribution in [0, 0.1) is 12.7 Å². The van der Waals surface area contributed by atoms with Crippen molar-refractivity contribution in [2.24, 2.45) is 0 Å². The molecule has 0 saturated carbocycles. The van der Waals surface area contributed by atoms with Crippen molar-refractivity contribution in [3.63, 3.8) is 0 Å². The molecule has 0 atom stereocenters. The number of carbonyl (C=O) groups excluding carboxylic acids is 1. The fourth-order valence-electron chi connectivity index (χ4n) is 2.03. The molecule has 110 valence electrons. The van der Waals surface area contributed by atoms with Crippen molar-refractivity contribution in [2.75, 3.05) is 17.2 Å². The molecule has 0 spiro atoms. The molecule has 0 bridgehead atoms. The molecule has 0 fully saturated rings. The monoisotopic (exact) mass is 286 g/mol. The largest absolute Gasteiger partial charge is 0.384 e. The van der Waals surface area contributed by atoms with Gasteiger partial charge >= 0.3 is 0 Å². The molecule has 0 unspecified atom stereocenters. The van der Waals surface area contributed by atoms with E-state index in [4.69, 9.17) is 0 Å². The van der Waals surface area contributed by atoms with Crippen molar-refractivity contribution in [1.82, 2.24) is 0 Å². The number of halogens is 1. The summed E-state index contributed by atoms with van der Waals surface area (Å²) >= 11 is 0. The highest BCUT2D eigenvalue weighted by atomic mass is 19.1. The summed E-state index contributed by atoms with van der Waals surface area (Å²) < 4.78 is 13.2. The number of anilines is 2. The zero-order valence-corrected chi connectivity index (χ0v) is 12.2. The van der Waals surface area contributed by atoms with E-state index >= 15 is 0 Å². The quantitative estimate of drug-likeness (QED) is 0.864. The Kier molecular flexibility index (Phi) is 4.93. The van der Waals surface area contributed by atoms with Gasteiger partial charge in [0.05, 0.1) is 5.56 Å². The molecule has 0 heterocycles. The number of benzene rings is 2. The molecular weight excluding hydrogens is 267 g/mol. The second-order valence-corrected chi connectivity index (χ2v) is 4.94. The first kappa shape index (κ1) is 15.0. The summed E-state index contributed by atoms with van der Waals surface area (Å²) in [6, 6.07) is 11.5. The molecule has 21 heavy (non-hydrogen) atoms. The molecule has 1 amide bonds. The summed E-state index contributed by atoms with van der Waals surface area (Å²) in [4.78, 5) is 12.3. The number of nitrogens with one attached hydrogen (secondary N) is 2. The van der Waals surface area contributed by atoms with Crippen LogP contribution < -0.4 is 10.6 Å². The maximum atomic E-state index is 13.2. The zero-order chi connectivity index (χ0) is 15.2. The molecule has 4 heteroatoms. The zero-order valence-electron chi connectivity index (χ0n) is 12.2. The smallest absolute Gasteiger partial charge is 0.257 e. The second-order valence-electron chi connectivity index (χ2n) is 4.94. The van der Waals surface area contributed by atoms with Crippen molar-refractivity contribution in [3.05, 3.63) is 59.4 Å². The predicted molar refractivity (Wildman–Crippen MR) is 84.3 cm³/mol. The van der Waals surface area contributed by atoms with Crippen LogP contribution in [0.1, 0.15) is 29.3 Å². The van der Waals surface area contributed by atoms with Crippen LogP contribution in [-0.4, -0.2) is 12.5 Å². The molecule has 0 radical (unpaired) electrons. The van der Waals surface area contributed by atoms with Crippen molar-refractivity contribution in [1.29, 1.82) is 0 Å². The summed E-state index contributed by atoms with van der Waals surface area (Å²) in [5.74, 6) is -0.625. The van der Waals surface area contributed by atoms with Crippen LogP contribution in [0.5, 0.6) is 0 Å². The number of hydrogen-bond donors (Lipinski definition) is 2. The molecule has 2 N–H and O–H groups in total. The third kappa shape index (κ3) is 4.05. The normalized spacial score (nSPS) is 10.2. The van der Waals surface area contributed by atoms with Crippen molar-refractivity contribution >= 4 is 17.3 Å². The number of amides is 1. The van der Waals surface area contributed by atoms with Gasteiger partial charge in [0.25, 0.3) is 5.91 Å². The summed E-state index contributed by atoms with van der Waals surface area (Å²) in [7, 11) is 0. The molecule has 2 rings (SSSR count). The minimum absolute atomic E-state index is 0.251. The van der Waals surface area contributed by atoms with Gasteiger partial charge in [0.1, 0.15) is 5.82 Å². The Morgan fingerprint density at radius 3 is 2.71 bits per heavy atom. The molecule has 0 aliphatic carbocycles. The van der Waals surface area contributed by atoms with Gasteiger partial charge in [-0.3, -0.25) is 4.79 Å². The Morgan fingerprint density at radius 1 is 1.19 bits per heavy atom. The van der Waals surface area contributed by atoms with E-state index < -0.39 is 0 Å². The van der Waals surface area contributed by atoms with E-state index in [0.29, 0.717) is 11.3 Å². The number of aryl methyl sites for hydroxylation is 1. The molecule has 3 nitrogen and oxygen atoms in total. The van der Waals surface area contributed by atoms with Gasteiger partial charge in [0.2, 0.25) is 0 Å². The Labute approximate surface area is 124 Å². The van der Waals surface area contributed by atoms with E-state index in [1.165, 1.54) is 12.1 Å². The third-order valence-electron chi connectivity index (χ3n) is 3.07. The van der Waals surface area contributed by atoms with E-state index in [-0.39, 0.29) is 11.7 Å². The first-order valence-corrected chi connectivity index (χ1v) is 7.01. The molecule has 2 aromatic carbocycles. The van der Waals surface area contributed by atoms with Gasteiger partial charge in [-0.15, -0.1) is 0 Å². The molecule has 0 aliphatic rings. The molecule has 2 aromatic rings. The van der Waals surface area contributed by atoms with Crippen molar-refractivity contribution < 1.29 is 9.18 Å². The fourth-order valence-corrected chi connectivity index (χ4v) is 2.03. The number of rotatable bonds is 5. The van der Waals surface area contributed by atoms with Gasteiger partial charge < -0.3 is 10.6 Å². The highest BCUT2D eigenvalue weighted by molar-refractivity contribution is 6.08. The van der Waals surface area contributed by atoms with Crippen LogP contribution in [0.15, 0.2) is 42.5 Å². The van der Waals surface area contributed by atoms with Crippen LogP contribution in [0.4, 0.5) is 15.8 Å². The Morgan fingerprint density at radius 2 is 2.00 bits per heavy atom. The first-order chi connectivity index (χ1) is 10.1. The SMILES string of the molecule is CCCNc1cc(C)ccc1C(=O)Nc1cccc(F)c1. The Hall–Kier alpha value is -2.36. The highest BCUT2D eigenvalue weighted by Gasteiger charge is 2.12. The topological polar surface area (TPSA) is 41.1 Å². The lowest BCUT2D eigenvalue weighted by molar-refractivity contribution is 0.102. The Balaban J connectivity index is 2.22. The average molecular weight is 286 g/mol. The van der Waals surface area contributed by atoms with Gasteiger partial charge in [-0.25, -0.2) is 4.39 Å². The summed E-state index contributed by atoms with van der Waals surface area (Å²) in [5, 5.41) is 5.96. The maximum Gasteiger partial charge on any atom is 0.257 e. The number of carbonyl (C=O) groups is 1. The minimum Gasteiger partial charge on any atom is -0.384 e. The lowest BCUT2D eigenvalue weighted by Gasteiger charge is -2.13. The van der Waals surface area contributed by atoms with Crippen LogP contribution >= 0.6 is 0 Å². The standard InChI is InChI=1S/C17H19FN2O/c1-3-9-19-16-10-12(2)7-8-15(16)17(21)20-14-6-4-5-13(18)11-14/h4-8,10-11,19H,3,9H2,1-2H3,(H,20,21). The van der Waals surface area contributed by atoms with Gasteiger partial charge in [-0.05, 0) is 49.2 Å². The minimum atomic E-state index is -0.374. The fraction of sp³-hybridized carbons (Fsp3) is 0.235. The van der Waals surface area contributed by atoms with E-state index in [0.717, 1.165) is 24.2 Å². The lowest BCUT2D eigenvalue weighted by atomic mass is 10.1. The summed E-state index contributed by atoms with van der Waals surface area (Å²) in [6.45, 7) is 4.84. The average Bonchev–Trinajstić information content (AvgIpc) is 2.45. The van der Waals surface area contributed by atoms with Gasteiger partial charge in [0.15, 0.2) is 0 Å². The molecule has 0 aromatic heterocycles.